The van der Waals surface area contributed by atoms with E-state index in [0.717, 1.165) is 12.1 Å². The number of nitrogens with zero attached hydrogens (tertiary/aromatic N) is 1. The van der Waals surface area contributed by atoms with Gasteiger partial charge in [0, 0.05) is 18.7 Å². The van der Waals surface area contributed by atoms with E-state index in [-0.39, 0.29) is 16.1 Å². The first-order valence-electron chi connectivity index (χ1n) is 6.65. The third kappa shape index (κ3) is 3.75. The number of amides is 1. The molecule has 2 rings (SSSR count). The van der Waals surface area contributed by atoms with Gasteiger partial charge in [-0.25, -0.2) is 17.2 Å². The SMILES string of the molecule is CON(C)S(=O)(=O)c1ccc(C(=O)Nc2ccc(F)cc2F)cc1. The van der Waals surface area contributed by atoms with Crippen molar-refractivity contribution in [1.29, 1.82) is 0 Å². The molecule has 0 unspecified atom stereocenters. The van der Waals surface area contributed by atoms with Gasteiger partial charge in [0.2, 0.25) is 0 Å². The summed E-state index contributed by atoms with van der Waals surface area (Å²) < 4.78 is 51.1. The molecular formula is C15H14F2N2O4S. The molecule has 0 heterocycles. The lowest BCUT2D eigenvalue weighted by Crippen LogP contribution is -2.25. The number of halogens is 2. The molecule has 0 aliphatic heterocycles. The van der Waals surface area contributed by atoms with Crippen molar-refractivity contribution >= 4 is 21.6 Å². The van der Waals surface area contributed by atoms with Crippen molar-refractivity contribution in [2.24, 2.45) is 0 Å². The summed E-state index contributed by atoms with van der Waals surface area (Å²) in [4.78, 5) is 16.6. The summed E-state index contributed by atoms with van der Waals surface area (Å²) in [7, 11) is -1.39. The van der Waals surface area contributed by atoms with Crippen molar-refractivity contribution in [3.8, 4) is 0 Å². The monoisotopic (exact) mass is 356 g/mol. The molecule has 0 aromatic heterocycles. The average molecular weight is 356 g/mol. The Labute approximate surface area is 137 Å². The number of rotatable bonds is 5. The van der Waals surface area contributed by atoms with Gasteiger partial charge in [0.1, 0.15) is 11.6 Å². The van der Waals surface area contributed by atoms with Crippen molar-refractivity contribution < 1.29 is 26.8 Å². The molecular weight excluding hydrogens is 342 g/mol. The fraction of sp³-hybridized carbons (Fsp3) is 0.133. The van der Waals surface area contributed by atoms with Crippen molar-refractivity contribution in [3.05, 3.63) is 59.7 Å². The molecule has 0 aliphatic rings. The maximum atomic E-state index is 13.5. The van der Waals surface area contributed by atoms with Crippen LogP contribution in [0.3, 0.4) is 0 Å². The Morgan fingerprint density at radius 1 is 1.12 bits per heavy atom. The Bertz CT molecular complexity index is 854. The number of sulfonamides is 1. The zero-order valence-electron chi connectivity index (χ0n) is 12.8. The molecule has 1 amide bonds. The van der Waals surface area contributed by atoms with E-state index >= 15 is 0 Å². The summed E-state index contributed by atoms with van der Waals surface area (Å²) in [5, 5.41) is 2.28. The molecule has 0 spiro atoms. The highest BCUT2D eigenvalue weighted by Crippen LogP contribution is 2.18. The largest absolute Gasteiger partial charge is 0.319 e. The lowest BCUT2D eigenvalue weighted by atomic mass is 10.2. The first kappa shape index (κ1) is 18.0. The smallest absolute Gasteiger partial charge is 0.264 e. The second-order valence-electron chi connectivity index (χ2n) is 4.70. The first-order valence-corrected chi connectivity index (χ1v) is 8.09. The molecule has 0 aliphatic carbocycles. The summed E-state index contributed by atoms with van der Waals surface area (Å²) in [6, 6.07) is 7.73. The van der Waals surface area contributed by atoms with E-state index < -0.39 is 27.6 Å². The van der Waals surface area contributed by atoms with Crippen molar-refractivity contribution in [2.45, 2.75) is 4.90 Å². The molecule has 0 saturated heterocycles. The molecule has 0 bridgehead atoms. The highest BCUT2D eigenvalue weighted by Gasteiger charge is 2.21. The van der Waals surface area contributed by atoms with Crippen LogP contribution >= 0.6 is 0 Å². The number of hydrogen-bond donors (Lipinski definition) is 1. The Kier molecular flexibility index (Phi) is 5.27. The number of hydroxylamine groups is 1. The fourth-order valence-corrected chi connectivity index (χ4v) is 2.78. The zero-order chi connectivity index (χ0) is 17.9. The second-order valence-corrected chi connectivity index (χ2v) is 6.64. The van der Waals surface area contributed by atoms with Crippen LogP contribution in [0.2, 0.25) is 0 Å². The number of hydrogen-bond acceptors (Lipinski definition) is 4. The molecule has 0 fully saturated rings. The van der Waals surface area contributed by atoms with Crippen LogP contribution in [0.4, 0.5) is 14.5 Å². The first-order chi connectivity index (χ1) is 11.3. The second kappa shape index (κ2) is 7.04. The highest BCUT2D eigenvalue weighted by atomic mass is 32.2. The molecule has 2 aromatic rings. The van der Waals surface area contributed by atoms with Crippen molar-refractivity contribution in [1.82, 2.24) is 4.47 Å². The normalized spacial score (nSPS) is 11.5. The van der Waals surface area contributed by atoms with E-state index in [1.54, 1.807) is 0 Å². The number of carbonyl (C=O) groups is 1. The van der Waals surface area contributed by atoms with E-state index in [0.29, 0.717) is 10.5 Å². The van der Waals surface area contributed by atoms with Gasteiger partial charge in [0.15, 0.2) is 0 Å². The van der Waals surface area contributed by atoms with Gasteiger partial charge in [-0.05, 0) is 36.4 Å². The fourth-order valence-electron chi connectivity index (χ4n) is 1.81. The number of carbonyl (C=O) groups excluding carboxylic acids is 1. The molecule has 128 valence electrons. The molecule has 24 heavy (non-hydrogen) atoms. The topological polar surface area (TPSA) is 75.7 Å². The molecule has 9 heteroatoms. The van der Waals surface area contributed by atoms with Gasteiger partial charge in [0.05, 0.1) is 17.7 Å². The maximum Gasteiger partial charge on any atom is 0.264 e. The summed E-state index contributed by atoms with van der Waals surface area (Å²) in [5.41, 5.74) is -0.0741. The van der Waals surface area contributed by atoms with Gasteiger partial charge >= 0.3 is 0 Å². The van der Waals surface area contributed by atoms with Crippen LogP contribution in [-0.2, 0) is 14.9 Å². The van der Waals surface area contributed by atoms with Gasteiger partial charge < -0.3 is 5.32 Å². The van der Waals surface area contributed by atoms with Crippen LogP contribution in [0.5, 0.6) is 0 Å². The summed E-state index contributed by atoms with van der Waals surface area (Å²) in [6.45, 7) is 0. The van der Waals surface area contributed by atoms with Crippen LogP contribution in [0.1, 0.15) is 10.4 Å². The highest BCUT2D eigenvalue weighted by molar-refractivity contribution is 7.89. The number of anilines is 1. The zero-order valence-corrected chi connectivity index (χ0v) is 13.6. The molecule has 1 N–H and O–H groups in total. The van der Waals surface area contributed by atoms with Crippen LogP contribution in [0, 0.1) is 11.6 Å². The van der Waals surface area contributed by atoms with Crippen LogP contribution in [0.25, 0.3) is 0 Å². The predicted molar refractivity (Wildman–Crippen MR) is 82.7 cm³/mol. The Morgan fingerprint density at radius 2 is 1.75 bits per heavy atom. The van der Waals surface area contributed by atoms with Crippen molar-refractivity contribution in [3.63, 3.8) is 0 Å². The van der Waals surface area contributed by atoms with Crippen LogP contribution in [-0.4, -0.2) is 33.0 Å². The molecule has 2 aromatic carbocycles. The molecule has 6 nitrogen and oxygen atoms in total. The van der Waals surface area contributed by atoms with E-state index in [1.807, 2.05) is 0 Å². The minimum absolute atomic E-state index is 0.0728. The van der Waals surface area contributed by atoms with E-state index in [9.17, 15) is 22.0 Å². The minimum Gasteiger partial charge on any atom is -0.319 e. The third-order valence-corrected chi connectivity index (χ3v) is 4.88. The van der Waals surface area contributed by atoms with Crippen LogP contribution in [0.15, 0.2) is 47.4 Å². The van der Waals surface area contributed by atoms with E-state index in [4.69, 9.17) is 0 Å². The van der Waals surface area contributed by atoms with Crippen molar-refractivity contribution in [2.75, 3.05) is 19.5 Å². The Hall–Kier alpha value is -2.36. The average Bonchev–Trinajstić information content (AvgIpc) is 2.56. The quantitative estimate of drug-likeness (QED) is 0.835. The van der Waals surface area contributed by atoms with Gasteiger partial charge in [-0.15, -0.1) is 0 Å². The lowest BCUT2D eigenvalue weighted by Gasteiger charge is -2.14. The molecule has 0 saturated carbocycles. The maximum absolute atomic E-state index is 13.5. The lowest BCUT2D eigenvalue weighted by molar-refractivity contribution is -0.0258. The molecule has 0 radical (unpaired) electrons. The van der Waals surface area contributed by atoms with Gasteiger partial charge in [-0.3, -0.25) is 9.63 Å². The van der Waals surface area contributed by atoms with E-state index in [2.05, 4.69) is 10.2 Å². The summed E-state index contributed by atoms with van der Waals surface area (Å²) >= 11 is 0. The van der Waals surface area contributed by atoms with E-state index in [1.165, 1.54) is 38.4 Å². The number of benzene rings is 2. The minimum atomic E-state index is -3.82. The van der Waals surface area contributed by atoms with Gasteiger partial charge in [-0.2, -0.15) is 0 Å². The Morgan fingerprint density at radius 3 is 2.29 bits per heavy atom. The van der Waals surface area contributed by atoms with Gasteiger partial charge in [-0.1, -0.05) is 4.47 Å². The summed E-state index contributed by atoms with van der Waals surface area (Å²) in [5.74, 6) is -2.34. The predicted octanol–water partition coefficient (Wildman–Crippen LogP) is 2.40. The molecule has 0 atom stereocenters. The third-order valence-electron chi connectivity index (χ3n) is 3.19. The summed E-state index contributed by atoms with van der Waals surface area (Å²) in [6.07, 6.45) is 0. The van der Waals surface area contributed by atoms with Gasteiger partial charge in [0.25, 0.3) is 15.9 Å². The standard InChI is InChI=1S/C15H14F2N2O4S/c1-19(23-2)24(21,22)12-6-3-10(4-7-12)15(20)18-14-8-5-11(16)9-13(14)17/h3-9H,1-2H3,(H,18,20). The Balaban J connectivity index is 2.20. The number of nitrogens with one attached hydrogen (secondary N) is 1. The van der Waals surface area contributed by atoms with Crippen LogP contribution < -0.4 is 5.32 Å².